The van der Waals surface area contributed by atoms with E-state index >= 15 is 0 Å². The molecule has 26 heavy (non-hydrogen) atoms. The highest BCUT2D eigenvalue weighted by Crippen LogP contribution is 2.40. The summed E-state index contributed by atoms with van der Waals surface area (Å²) in [6.45, 7) is 10.3. The van der Waals surface area contributed by atoms with Gasteiger partial charge in [0.05, 0.1) is 17.7 Å². The third kappa shape index (κ3) is 4.23. The third-order valence-electron chi connectivity index (χ3n) is 4.42. The van der Waals surface area contributed by atoms with Crippen LogP contribution < -0.4 is 4.74 Å². The molecule has 0 unspecified atom stereocenters. The number of hydrogen-bond acceptors (Lipinski definition) is 5. The molecule has 6 heteroatoms. The number of aromatic nitrogens is 1. The smallest absolute Gasteiger partial charge is 0.218 e. The van der Waals surface area contributed by atoms with Crippen molar-refractivity contribution in [1.29, 1.82) is 5.26 Å². The summed E-state index contributed by atoms with van der Waals surface area (Å²) in [5.41, 5.74) is 4.08. The van der Waals surface area contributed by atoms with E-state index in [0.717, 1.165) is 34.7 Å². The van der Waals surface area contributed by atoms with Crippen LogP contribution >= 0.6 is 11.5 Å². The molecule has 0 saturated carbocycles. The van der Waals surface area contributed by atoms with Crippen LogP contribution in [0.5, 0.6) is 10.8 Å². The quantitative estimate of drug-likeness (QED) is 0.509. The molecule has 0 atom stereocenters. The Kier molecular flexibility index (Phi) is 6.04. The van der Waals surface area contributed by atoms with Crippen molar-refractivity contribution in [2.24, 2.45) is 4.99 Å². The predicted molar refractivity (Wildman–Crippen MR) is 108 cm³/mol. The van der Waals surface area contributed by atoms with E-state index in [1.165, 1.54) is 11.5 Å². The lowest BCUT2D eigenvalue weighted by Gasteiger charge is -2.20. The van der Waals surface area contributed by atoms with Gasteiger partial charge in [-0.2, -0.15) is 9.64 Å². The topological polar surface area (TPSA) is 61.5 Å². The van der Waals surface area contributed by atoms with Crippen LogP contribution in [0.15, 0.2) is 17.1 Å². The molecule has 1 aromatic carbocycles. The van der Waals surface area contributed by atoms with Crippen molar-refractivity contribution in [3.05, 3.63) is 34.5 Å². The molecule has 0 bridgehead atoms. The normalized spacial score (nSPS) is 11.6. The minimum absolute atomic E-state index is 0.154. The molecule has 2 rings (SSSR count). The zero-order valence-electron chi connectivity index (χ0n) is 16.5. The highest BCUT2D eigenvalue weighted by molar-refractivity contribution is 7.08. The second-order valence-electron chi connectivity index (χ2n) is 7.26. The Morgan fingerprint density at radius 1 is 1.31 bits per heavy atom. The van der Waals surface area contributed by atoms with Gasteiger partial charge in [-0.1, -0.05) is 20.8 Å². The molecule has 1 heterocycles. The van der Waals surface area contributed by atoms with Crippen LogP contribution in [0.25, 0.3) is 0 Å². The summed E-state index contributed by atoms with van der Waals surface area (Å²) in [6, 6.07) is 6.23. The van der Waals surface area contributed by atoms with Gasteiger partial charge in [-0.15, -0.1) is 0 Å². The Bertz CT molecular complexity index is 859. The molecule has 0 aliphatic heterocycles. The molecule has 2 aromatic rings. The van der Waals surface area contributed by atoms with Crippen molar-refractivity contribution in [2.45, 2.75) is 46.5 Å². The summed E-state index contributed by atoms with van der Waals surface area (Å²) >= 11 is 1.24. The zero-order chi connectivity index (χ0) is 19.5. The van der Waals surface area contributed by atoms with E-state index in [1.807, 2.05) is 45.0 Å². The van der Waals surface area contributed by atoms with Gasteiger partial charge in [-0.25, -0.2) is 4.99 Å². The van der Waals surface area contributed by atoms with Crippen LogP contribution in [0.1, 0.15) is 49.6 Å². The van der Waals surface area contributed by atoms with Gasteiger partial charge in [-0.05, 0) is 43.5 Å². The monoisotopic (exact) mass is 370 g/mol. The van der Waals surface area contributed by atoms with Crippen LogP contribution in [-0.2, 0) is 5.41 Å². The Morgan fingerprint density at radius 3 is 2.58 bits per heavy atom. The highest BCUT2D eigenvalue weighted by Gasteiger charge is 2.28. The van der Waals surface area contributed by atoms with Crippen molar-refractivity contribution in [3.63, 3.8) is 0 Å². The second kappa shape index (κ2) is 7.88. The summed E-state index contributed by atoms with van der Waals surface area (Å²) in [4.78, 5) is 6.37. The van der Waals surface area contributed by atoms with Gasteiger partial charge >= 0.3 is 0 Å². The minimum atomic E-state index is -0.154. The lowest BCUT2D eigenvalue weighted by molar-refractivity contribution is 0.477. The molecule has 1 aromatic heterocycles. The molecule has 0 amide bonds. The summed E-state index contributed by atoms with van der Waals surface area (Å²) in [5.74, 6) is 0.729. The van der Waals surface area contributed by atoms with Crippen molar-refractivity contribution in [1.82, 2.24) is 9.27 Å². The SMILES string of the molecule is CCC(C)(C)c1nsc(Oc2cc(C)c(/N=C\N(C)C)cc2C)c1C#N. The lowest BCUT2D eigenvalue weighted by Crippen LogP contribution is -2.17. The fourth-order valence-corrected chi connectivity index (χ4v) is 3.25. The number of hydrogen-bond donors (Lipinski definition) is 0. The minimum Gasteiger partial charge on any atom is -0.443 e. The van der Waals surface area contributed by atoms with E-state index < -0.39 is 0 Å². The predicted octanol–water partition coefficient (Wildman–Crippen LogP) is 5.33. The standard InChI is InChI=1S/C20H26N4OS/c1-8-20(4,5)18-15(11-21)19(26-23-18)25-17-10-13(2)16(9-14(17)3)22-12-24(6)7/h9-10,12H,8H2,1-7H3/b22-12-. The molecule has 138 valence electrons. The van der Waals surface area contributed by atoms with Gasteiger partial charge in [0, 0.05) is 31.0 Å². The van der Waals surface area contributed by atoms with Gasteiger partial charge < -0.3 is 9.64 Å². The summed E-state index contributed by atoms with van der Waals surface area (Å²) in [5, 5.41) is 10.2. The molecule has 0 radical (unpaired) electrons. The van der Waals surface area contributed by atoms with Crippen molar-refractivity contribution in [3.8, 4) is 16.9 Å². The van der Waals surface area contributed by atoms with Crippen molar-refractivity contribution in [2.75, 3.05) is 14.1 Å². The van der Waals surface area contributed by atoms with E-state index in [4.69, 9.17) is 4.74 Å². The molecule has 5 nitrogen and oxygen atoms in total. The first-order valence-electron chi connectivity index (χ1n) is 8.59. The first-order chi connectivity index (χ1) is 12.2. The van der Waals surface area contributed by atoms with Crippen LogP contribution in [0, 0.1) is 25.2 Å². The molecular formula is C20H26N4OS. The van der Waals surface area contributed by atoms with E-state index in [9.17, 15) is 5.26 Å². The van der Waals surface area contributed by atoms with Gasteiger partial charge in [0.25, 0.3) is 0 Å². The van der Waals surface area contributed by atoms with E-state index in [1.54, 1.807) is 6.34 Å². The molecule has 0 aliphatic carbocycles. The van der Waals surface area contributed by atoms with Gasteiger partial charge in [0.2, 0.25) is 5.06 Å². The maximum absolute atomic E-state index is 9.63. The van der Waals surface area contributed by atoms with Crippen LogP contribution in [0.3, 0.4) is 0 Å². The maximum atomic E-state index is 9.63. The number of rotatable bonds is 6. The first kappa shape index (κ1) is 19.9. The van der Waals surface area contributed by atoms with Crippen molar-refractivity contribution < 1.29 is 4.74 Å². The first-order valence-corrected chi connectivity index (χ1v) is 9.37. The zero-order valence-corrected chi connectivity index (χ0v) is 17.4. The number of aryl methyl sites for hydroxylation is 2. The fraction of sp³-hybridized carbons (Fsp3) is 0.450. The van der Waals surface area contributed by atoms with Crippen LogP contribution in [-0.4, -0.2) is 29.7 Å². The molecular weight excluding hydrogens is 344 g/mol. The molecule has 0 spiro atoms. The molecule has 0 saturated heterocycles. The van der Waals surface area contributed by atoms with Crippen LogP contribution in [0.4, 0.5) is 5.69 Å². The average molecular weight is 371 g/mol. The van der Waals surface area contributed by atoms with Gasteiger partial charge in [0.15, 0.2) is 0 Å². The summed E-state index contributed by atoms with van der Waals surface area (Å²) in [7, 11) is 3.87. The summed E-state index contributed by atoms with van der Waals surface area (Å²) in [6.07, 6.45) is 2.68. The number of benzene rings is 1. The number of ether oxygens (including phenoxy) is 1. The van der Waals surface area contributed by atoms with Crippen molar-refractivity contribution >= 4 is 23.6 Å². The average Bonchev–Trinajstić information content (AvgIpc) is 3.00. The highest BCUT2D eigenvalue weighted by atomic mass is 32.1. The number of nitrogens with zero attached hydrogens (tertiary/aromatic N) is 4. The van der Waals surface area contributed by atoms with E-state index in [0.29, 0.717) is 10.6 Å². The summed E-state index contributed by atoms with van der Waals surface area (Å²) < 4.78 is 10.6. The second-order valence-corrected chi connectivity index (χ2v) is 7.99. The van der Waals surface area contributed by atoms with E-state index in [2.05, 4.69) is 36.2 Å². The number of nitriles is 1. The fourth-order valence-electron chi connectivity index (χ4n) is 2.37. The van der Waals surface area contributed by atoms with E-state index in [-0.39, 0.29) is 5.41 Å². The van der Waals surface area contributed by atoms with Crippen LogP contribution in [0.2, 0.25) is 0 Å². The third-order valence-corrected chi connectivity index (χ3v) is 5.15. The Hall–Kier alpha value is -2.39. The molecule has 0 fully saturated rings. The Balaban J connectivity index is 2.38. The molecule has 0 aliphatic rings. The Labute approximate surface area is 160 Å². The number of aliphatic imine (C=N–C) groups is 1. The molecule has 0 N–H and O–H groups in total. The van der Waals surface area contributed by atoms with Gasteiger partial charge in [0.1, 0.15) is 17.4 Å². The largest absolute Gasteiger partial charge is 0.443 e. The maximum Gasteiger partial charge on any atom is 0.218 e. The lowest BCUT2D eigenvalue weighted by atomic mass is 9.84. The van der Waals surface area contributed by atoms with Gasteiger partial charge in [-0.3, -0.25) is 0 Å². The Morgan fingerprint density at radius 2 is 2.00 bits per heavy atom.